The monoisotopic (exact) mass is 472 g/mol. The molecule has 10 heteroatoms. The zero-order valence-corrected chi connectivity index (χ0v) is 20.3. The van der Waals surface area contributed by atoms with Crippen LogP contribution in [0.5, 0.6) is 0 Å². The summed E-state index contributed by atoms with van der Waals surface area (Å²) < 4.78 is 20.2. The number of hydrogen-bond acceptors (Lipinski definition) is 7. The number of aromatic nitrogens is 2. The first-order valence-corrected chi connectivity index (χ1v) is 11.6. The number of nitrogens with two attached hydrogens (primary N) is 1. The SMILES string of the molecule is CC.Cc1cc(C(N)=O)c(F)cc1Nc1ncc(N(C)C)c(N(C=O)C2CC3CCC(C2)O3)n1. The summed E-state index contributed by atoms with van der Waals surface area (Å²) in [5.41, 5.74) is 6.73. The third-order valence-corrected chi connectivity index (χ3v) is 6.07. The number of carbonyl (C=O) groups excluding carboxylic acids is 2. The molecule has 2 fully saturated rings. The van der Waals surface area contributed by atoms with E-state index in [1.54, 1.807) is 18.0 Å². The summed E-state index contributed by atoms with van der Waals surface area (Å²) in [6.07, 6.45) is 6.30. The molecule has 2 amide bonds. The van der Waals surface area contributed by atoms with Gasteiger partial charge in [0.1, 0.15) is 5.82 Å². The molecule has 1 aromatic carbocycles. The minimum Gasteiger partial charge on any atom is -0.375 e. The fourth-order valence-corrected chi connectivity index (χ4v) is 4.42. The van der Waals surface area contributed by atoms with Crippen LogP contribution in [-0.4, -0.2) is 54.6 Å². The molecule has 2 aliphatic rings. The van der Waals surface area contributed by atoms with E-state index in [1.165, 1.54) is 12.1 Å². The number of primary amides is 1. The molecule has 0 radical (unpaired) electrons. The van der Waals surface area contributed by atoms with Crippen LogP contribution in [0.4, 0.5) is 27.5 Å². The van der Waals surface area contributed by atoms with Crippen molar-refractivity contribution in [2.24, 2.45) is 5.73 Å². The van der Waals surface area contributed by atoms with Crippen molar-refractivity contribution >= 4 is 35.5 Å². The Bertz CT molecular complexity index is 1040. The van der Waals surface area contributed by atoms with Crippen molar-refractivity contribution in [2.75, 3.05) is 29.2 Å². The quantitative estimate of drug-likeness (QED) is 0.593. The van der Waals surface area contributed by atoms with E-state index in [9.17, 15) is 14.0 Å². The molecule has 2 aliphatic heterocycles. The van der Waals surface area contributed by atoms with Crippen LogP contribution in [0.3, 0.4) is 0 Å². The molecule has 0 aliphatic carbocycles. The molecule has 2 bridgehead atoms. The Labute approximate surface area is 199 Å². The van der Waals surface area contributed by atoms with Gasteiger partial charge in [-0.2, -0.15) is 4.98 Å². The van der Waals surface area contributed by atoms with Crippen LogP contribution in [0.1, 0.15) is 55.5 Å². The molecule has 3 N–H and O–H groups in total. The van der Waals surface area contributed by atoms with Gasteiger partial charge in [0, 0.05) is 25.8 Å². The molecule has 2 saturated heterocycles. The summed E-state index contributed by atoms with van der Waals surface area (Å²) in [7, 11) is 3.71. The van der Waals surface area contributed by atoms with Crippen LogP contribution in [-0.2, 0) is 9.53 Å². The summed E-state index contributed by atoms with van der Waals surface area (Å²) in [6, 6.07) is 2.55. The average molecular weight is 473 g/mol. The number of benzene rings is 1. The predicted octanol–water partition coefficient (Wildman–Crippen LogP) is 3.53. The highest BCUT2D eigenvalue weighted by Crippen LogP contribution is 2.37. The number of nitrogens with one attached hydrogen (secondary N) is 1. The van der Waals surface area contributed by atoms with Gasteiger partial charge in [0.25, 0.3) is 5.91 Å². The van der Waals surface area contributed by atoms with Gasteiger partial charge in [0.2, 0.25) is 12.4 Å². The largest absolute Gasteiger partial charge is 0.375 e. The highest BCUT2D eigenvalue weighted by Gasteiger charge is 2.38. The standard InChI is InChI=1S/C22H27FN6O3.C2H6/c1-12-6-16(20(24)31)17(23)9-18(12)26-22-25-10-19(28(2)3)21(27-22)29(11-30)13-7-14-4-5-15(8-13)32-14;1-2/h6,9-11,13-15H,4-5,7-8H2,1-3H3,(H2,24,31)(H,25,26,27);1-2H3. The molecule has 9 nitrogen and oxygen atoms in total. The Balaban J connectivity index is 0.00000158. The van der Waals surface area contributed by atoms with Gasteiger partial charge in [-0.15, -0.1) is 0 Å². The lowest BCUT2D eigenvalue weighted by molar-refractivity contribution is -0.108. The maximum atomic E-state index is 14.3. The van der Waals surface area contributed by atoms with E-state index in [-0.39, 0.29) is 29.8 Å². The van der Waals surface area contributed by atoms with Gasteiger partial charge >= 0.3 is 0 Å². The number of aryl methyl sites for hydroxylation is 1. The van der Waals surface area contributed by atoms with E-state index in [0.717, 1.165) is 32.1 Å². The summed E-state index contributed by atoms with van der Waals surface area (Å²) in [6.45, 7) is 5.72. The molecule has 2 aromatic rings. The lowest BCUT2D eigenvalue weighted by Gasteiger charge is -2.35. The molecular weight excluding hydrogens is 439 g/mol. The molecule has 184 valence electrons. The highest BCUT2D eigenvalue weighted by atomic mass is 19.1. The zero-order chi connectivity index (χ0) is 25.0. The van der Waals surface area contributed by atoms with E-state index in [0.29, 0.717) is 22.8 Å². The second kappa shape index (κ2) is 10.8. The van der Waals surface area contributed by atoms with Crippen LogP contribution < -0.4 is 20.9 Å². The van der Waals surface area contributed by atoms with Gasteiger partial charge in [0.15, 0.2) is 5.82 Å². The van der Waals surface area contributed by atoms with Gasteiger partial charge in [0.05, 0.1) is 29.7 Å². The molecule has 2 unspecified atom stereocenters. The van der Waals surface area contributed by atoms with E-state index in [4.69, 9.17) is 10.5 Å². The number of nitrogens with zero attached hydrogens (tertiary/aromatic N) is 4. The van der Waals surface area contributed by atoms with Crippen molar-refractivity contribution in [3.05, 3.63) is 35.3 Å². The zero-order valence-electron chi connectivity index (χ0n) is 20.3. The summed E-state index contributed by atoms with van der Waals surface area (Å²) in [4.78, 5) is 36.0. The maximum absolute atomic E-state index is 14.3. The summed E-state index contributed by atoms with van der Waals surface area (Å²) in [5.74, 6) is -0.886. The Morgan fingerprint density at radius 3 is 2.44 bits per heavy atom. The molecule has 2 atom stereocenters. The van der Waals surface area contributed by atoms with Crippen molar-refractivity contribution in [2.45, 2.75) is 64.7 Å². The molecule has 4 rings (SSSR count). The Hall–Kier alpha value is -3.27. The molecule has 0 saturated carbocycles. The Kier molecular flexibility index (Phi) is 8.03. The van der Waals surface area contributed by atoms with E-state index < -0.39 is 11.7 Å². The first-order valence-electron chi connectivity index (χ1n) is 11.6. The molecule has 34 heavy (non-hydrogen) atoms. The number of carbonyl (C=O) groups is 2. The van der Waals surface area contributed by atoms with Gasteiger partial charge in [-0.05, 0) is 50.3 Å². The third-order valence-electron chi connectivity index (χ3n) is 6.07. The average Bonchev–Trinajstić information content (AvgIpc) is 3.15. The molecule has 3 heterocycles. The minimum atomic E-state index is -0.835. The van der Waals surface area contributed by atoms with Gasteiger partial charge in [-0.25, -0.2) is 9.37 Å². The number of anilines is 4. The van der Waals surface area contributed by atoms with Crippen molar-refractivity contribution in [1.82, 2.24) is 9.97 Å². The Morgan fingerprint density at radius 2 is 1.88 bits per heavy atom. The van der Waals surface area contributed by atoms with Gasteiger partial charge in [-0.1, -0.05) is 13.8 Å². The summed E-state index contributed by atoms with van der Waals surface area (Å²) >= 11 is 0. The second-order valence-corrected chi connectivity index (χ2v) is 8.53. The Morgan fingerprint density at radius 1 is 1.24 bits per heavy atom. The first-order chi connectivity index (χ1) is 16.3. The van der Waals surface area contributed by atoms with Gasteiger partial charge in [-0.3, -0.25) is 14.5 Å². The smallest absolute Gasteiger partial charge is 0.251 e. The highest BCUT2D eigenvalue weighted by molar-refractivity contribution is 5.94. The molecule has 1 aromatic heterocycles. The molecule has 0 spiro atoms. The third kappa shape index (κ3) is 5.27. The lowest BCUT2D eigenvalue weighted by atomic mass is 10.0. The van der Waals surface area contributed by atoms with Crippen LogP contribution in [0.25, 0.3) is 0 Å². The topological polar surface area (TPSA) is 114 Å². The fourth-order valence-electron chi connectivity index (χ4n) is 4.42. The second-order valence-electron chi connectivity index (χ2n) is 8.53. The van der Waals surface area contributed by atoms with Crippen molar-refractivity contribution < 1.29 is 18.7 Å². The predicted molar refractivity (Wildman–Crippen MR) is 130 cm³/mol. The fraction of sp³-hybridized carbons (Fsp3) is 0.500. The number of fused-ring (bicyclic) bond motifs is 2. The number of ether oxygens (including phenoxy) is 1. The van der Waals surface area contributed by atoms with Gasteiger partial charge < -0.3 is 20.7 Å². The molecular formula is C24H33FN6O3. The number of hydrogen-bond donors (Lipinski definition) is 2. The number of rotatable bonds is 7. The van der Waals surface area contributed by atoms with Crippen LogP contribution >= 0.6 is 0 Å². The lowest BCUT2D eigenvalue weighted by Crippen LogP contribution is -2.43. The van der Waals surface area contributed by atoms with Crippen LogP contribution in [0, 0.1) is 12.7 Å². The van der Waals surface area contributed by atoms with E-state index in [2.05, 4.69) is 15.3 Å². The van der Waals surface area contributed by atoms with Crippen LogP contribution in [0.2, 0.25) is 0 Å². The van der Waals surface area contributed by atoms with E-state index >= 15 is 0 Å². The van der Waals surface area contributed by atoms with E-state index in [1.807, 2.05) is 32.8 Å². The normalized spacial score (nSPS) is 20.7. The maximum Gasteiger partial charge on any atom is 0.251 e. The number of amides is 2. The van der Waals surface area contributed by atoms with Crippen molar-refractivity contribution in [3.63, 3.8) is 0 Å². The van der Waals surface area contributed by atoms with Crippen molar-refractivity contribution in [1.29, 1.82) is 0 Å². The van der Waals surface area contributed by atoms with Crippen LogP contribution in [0.15, 0.2) is 18.3 Å². The summed E-state index contributed by atoms with van der Waals surface area (Å²) in [5, 5.41) is 3.00. The van der Waals surface area contributed by atoms with Crippen molar-refractivity contribution in [3.8, 4) is 0 Å². The number of halogens is 1. The minimum absolute atomic E-state index is 0.0192. The first kappa shape index (κ1) is 25.4.